The molecule has 1 aromatic heterocycles. The molecule has 0 unspecified atom stereocenters. The van der Waals surface area contributed by atoms with Crippen molar-refractivity contribution in [1.82, 2.24) is 9.47 Å². The molecular formula is C10H15N3O2. The number of hydrogen-bond donors (Lipinski definition) is 1. The molecule has 15 heavy (non-hydrogen) atoms. The summed E-state index contributed by atoms with van der Waals surface area (Å²) < 4.78 is 1.44. The lowest BCUT2D eigenvalue weighted by Gasteiger charge is -2.11. The number of carbonyl (C=O) groups is 1. The Hall–Kier alpha value is -1.78. The van der Waals surface area contributed by atoms with Crippen LogP contribution in [0.4, 0.5) is 5.69 Å². The van der Waals surface area contributed by atoms with Crippen LogP contribution in [0.25, 0.3) is 0 Å². The summed E-state index contributed by atoms with van der Waals surface area (Å²) in [6.45, 7) is 0.362. The molecule has 0 spiro atoms. The molecule has 0 fully saturated rings. The van der Waals surface area contributed by atoms with Crippen LogP contribution >= 0.6 is 0 Å². The second kappa shape index (κ2) is 4.63. The number of aryl methyl sites for hydroxylation is 1. The minimum absolute atomic E-state index is 0.00988. The lowest BCUT2D eigenvalue weighted by Crippen LogP contribution is -2.26. The van der Waals surface area contributed by atoms with E-state index in [2.05, 4.69) is 0 Å². The average Bonchev–Trinajstić information content (AvgIpc) is 2.18. The Labute approximate surface area is 88.1 Å². The van der Waals surface area contributed by atoms with Gasteiger partial charge in [0.15, 0.2) is 0 Å². The maximum atomic E-state index is 11.3. The molecule has 0 radical (unpaired) electrons. The van der Waals surface area contributed by atoms with E-state index in [0.29, 0.717) is 18.7 Å². The van der Waals surface area contributed by atoms with Crippen LogP contribution in [0.1, 0.15) is 6.42 Å². The van der Waals surface area contributed by atoms with Gasteiger partial charge in [-0.05, 0) is 6.07 Å². The lowest BCUT2D eigenvalue weighted by atomic mass is 10.3. The Bertz CT molecular complexity index is 409. The Morgan fingerprint density at radius 2 is 2.13 bits per heavy atom. The summed E-state index contributed by atoms with van der Waals surface area (Å²) in [6.07, 6.45) is 1.85. The summed E-state index contributed by atoms with van der Waals surface area (Å²) in [4.78, 5) is 24.1. The fourth-order valence-electron chi connectivity index (χ4n) is 1.16. The molecular weight excluding hydrogens is 194 g/mol. The van der Waals surface area contributed by atoms with Gasteiger partial charge in [-0.2, -0.15) is 0 Å². The van der Waals surface area contributed by atoms with Crippen molar-refractivity contribution >= 4 is 11.6 Å². The average molecular weight is 209 g/mol. The van der Waals surface area contributed by atoms with Gasteiger partial charge in [0.2, 0.25) is 5.91 Å². The van der Waals surface area contributed by atoms with Gasteiger partial charge < -0.3 is 15.2 Å². The van der Waals surface area contributed by atoms with Crippen LogP contribution in [0.5, 0.6) is 0 Å². The number of nitrogen functional groups attached to an aromatic ring is 1. The zero-order chi connectivity index (χ0) is 11.4. The van der Waals surface area contributed by atoms with E-state index in [1.807, 2.05) is 0 Å². The highest BCUT2D eigenvalue weighted by molar-refractivity contribution is 5.75. The molecule has 0 saturated carbocycles. The third-order valence-corrected chi connectivity index (χ3v) is 2.07. The summed E-state index contributed by atoms with van der Waals surface area (Å²) in [5, 5.41) is 0. The topological polar surface area (TPSA) is 68.3 Å². The van der Waals surface area contributed by atoms with Crippen molar-refractivity contribution in [3.8, 4) is 0 Å². The fourth-order valence-corrected chi connectivity index (χ4v) is 1.16. The van der Waals surface area contributed by atoms with Crippen LogP contribution in [-0.4, -0.2) is 29.5 Å². The molecule has 0 atom stereocenters. The van der Waals surface area contributed by atoms with Gasteiger partial charge in [-0.25, -0.2) is 0 Å². The predicted molar refractivity (Wildman–Crippen MR) is 58.4 cm³/mol. The van der Waals surface area contributed by atoms with Gasteiger partial charge in [-0.3, -0.25) is 9.59 Å². The highest BCUT2D eigenvalue weighted by atomic mass is 16.2. The minimum atomic E-state index is -0.143. The first-order valence-electron chi connectivity index (χ1n) is 4.67. The number of nitrogens with zero attached hydrogens (tertiary/aromatic N) is 2. The molecule has 1 heterocycles. The number of amides is 1. The van der Waals surface area contributed by atoms with Crippen molar-refractivity contribution in [2.75, 3.05) is 19.8 Å². The molecule has 0 aliphatic carbocycles. The number of pyridine rings is 1. The van der Waals surface area contributed by atoms with E-state index >= 15 is 0 Å². The Morgan fingerprint density at radius 1 is 1.47 bits per heavy atom. The van der Waals surface area contributed by atoms with Gasteiger partial charge in [0.05, 0.1) is 0 Å². The summed E-state index contributed by atoms with van der Waals surface area (Å²) in [5.41, 5.74) is 5.92. The van der Waals surface area contributed by atoms with Gasteiger partial charge in [0.25, 0.3) is 5.56 Å². The van der Waals surface area contributed by atoms with Gasteiger partial charge in [-0.1, -0.05) is 0 Å². The minimum Gasteiger partial charge on any atom is -0.398 e. The first-order valence-corrected chi connectivity index (χ1v) is 4.67. The van der Waals surface area contributed by atoms with Crippen LogP contribution in [0.15, 0.2) is 23.1 Å². The zero-order valence-corrected chi connectivity index (χ0v) is 8.93. The number of hydrogen-bond acceptors (Lipinski definition) is 3. The number of aromatic nitrogens is 1. The zero-order valence-electron chi connectivity index (χ0n) is 8.93. The molecule has 0 aromatic carbocycles. The van der Waals surface area contributed by atoms with Crippen molar-refractivity contribution in [1.29, 1.82) is 0 Å². The van der Waals surface area contributed by atoms with Gasteiger partial charge in [0, 0.05) is 45.0 Å². The molecule has 0 aliphatic heterocycles. The number of carbonyl (C=O) groups excluding carboxylic acids is 1. The van der Waals surface area contributed by atoms with Crippen LogP contribution in [0, 0.1) is 0 Å². The normalized spacial score (nSPS) is 10.0. The summed E-state index contributed by atoms with van der Waals surface area (Å²) >= 11 is 0. The van der Waals surface area contributed by atoms with Crippen LogP contribution < -0.4 is 11.3 Å². The Morgan fingerprint density at radius 3 is 2.73 bits per heavy atom. The predicted octanol–water partition coefficient (Wildman–Crippen LogP) is -0.0912. The SMILES string of the molecule is CN(C)C(=O)CCn1cc(N)ccc1=O. The molecule has 5 nitrogen and oxygen atoms in total. The summed E-state index contributed by atoms with van der Waals surface area (Å²) in [5.74, 6) is -0.00988. The Balaban J connectivity index is 2.69. The number of nitrogens with two attached hydrogens (primary N) is 1. The third-order valence-electron chi connectivity index (χ3n) is 2.07. The highest BCUT2D eigenvalue weighted by Gasteiger charge is 2.04. The molecule has 1 amide bonds. The van der Waals surface area contributed by atoms with E-state index in [4.69, 9.17) is 5.73 Å². The molecule has 0 bridgehead atoms. The Kier molecular flexibility index (Phi) is 3.49. The quantitative estimate of drug-likeness (QED) is 0.756. The van der Waals surface area contributed by atoms with E-state index in [1.165, 1.54) is 15.5 Å². The van der Waals surface area contributed by atoms with E-state index in [0.717, 1.165) is 0 Å². The molecule has 2 N–H and O–H groups in total. The monoisotopic (exact) mass is 209 g/mol. The smallest absolute Gasteiger partial charge is 0.250 e. The maximum absolute atomic E-state index is 11.3. The van der Waals surface area contributed by atoms with Crippen LogP contribution in [0.2, 0.25) is 0 Å². The van der Waals surface area contributed by atoms with E-state index < -0.39 is 0 Å². The number of anilines is 1. The number of rotatable bonds is 3. The standard InChI is InChI=1S/C10H15N3O2/c1-12(2)9(14)5-6-13-7-8(11)3-4-10(13)15/h3-4,7H,5-6,11H2,1-2H3. The first-order chi connectivity index (χ1) is 7.00. The van der Waals surface area contributed by atoms with Crippen molar-refractivity contribution < 1.29 is 4.79 Å². The lowest BCUT2D eigenvalue weighted by molar-refractivity contribution is -0.128. The molecule has 82 valence electrons. The van der Waals surface area contributed by atoms with Gasteiger partial charge >= 0.3 is 0 Å². The third kappa shape index (κ3) is 3.12. The largest absolute Gasteiger partial charge is 0.398 e. The molecule has 1 rings (SSSR count). The summed E-state index contributed by atoms with van der Waals surface area (Å²) in [7, 11) is 3.37. The van der Waals surface area contributed by atoms with Gasteiger partial charge in [-0.15, -0.1) is 0 Å². The molecule has 0 saturated heterocycles. The molecule has 0 aliphatic rings. The van der Waals surface area contributed by atoms with Crippen LogP contribution in [-0.2, 0) is 11.3 Å². The van der Waals surface area contributed by atoms with Crippen molar-refractivity contribution in [2.24, 2.45) is 0 Å². The van der Waals surface area contributed by atoms with E-state index in [1.54, 1.807) is 26.4 Å². The van der Waals surface area contributed by atoms with E-state index in [-0.39, 0.29) is 11.5 Å². The fraction of sp³-hybridized carbons (Fsp3) is 0.400. The van der Waals surface area contributed by atoms with E-state index in [9.17, 15) is 9.59 Å². The van der Waals surface area contributed by atoms with Crippen LogP contribution in [0.3, 0.4) is 0 Å². The second-order valence-electron chi connectivity index (χ2n) is 3.53. The second-order valence-corrected chi connectivity index (χ2v) is 3.53. The summed E-state index contributed by atoms with van der Waals surface area (Å²) in [6, 6.07) is 2.95. The van der Waals surface area contributed by atoms with Crippen molar-refractivity contribution in [2.45, 2.75) is 13.0 Å². The maximum Gasteiger partial charge on any atom is 0.250 e. The highest BCUT2D eigenvalue weighted by Crippen LogP contribution is 1.97. The first kappa shape index (κ1) is 11.3. The molecule has 5 heteroatoms. The van der Waals surface area contributed by atoms with Gasteiger partial charge in [0.1, 0.15) is 0 Å². The molecule has 1 aromatic rings. The van der Waals surface area contributed by atoms with Crippen molar-refractivity contribution in [3.05, 3.63) is 28.7 Å². The van der Waals surface area contributed by atoms with Crippen molar-refractivity contribution in [3.63, 3.8) is 0 Å².